The number of aryl methyl sites for hydroxylation is 3. The van der Waals surface area contributed by atoms with Crippen molar-refractivity contribution in [2.24, 2.45) is 14.1 Å². The Morgan fingerprint density at radius 1 is 1.17 bits per heavy atom. The Balaban J connectivity index is 2.10. The van der Waals surface area contributed by atoms with Crippen LogP contribution in [0.25, 0.3) is 0 Å². The molecule has 0 spiro atoms. The van der Waals surface area contributed by atoms with E-state index in [1.165, 1.54) is 0 Å². The summed E-state index contributed by atoms with van der Waals surface area (Å²) >= 11 is 0. The van der Waals surface area contributed by atoms with Crippen molar-refractivity contribution in [1.82, 2.24) is 18.7 Å². The van der Waals surface area contributed by atoms with E-state index < -0.39 is 10.0 Å². The van der Waals surface area contributed by atoms with Gasteiger partial charge in [-0.15, -0.1) is 0 Å². The van der Waals surface area contributed by atoms with Gasteiger partial charge in [0.2, 0.25) is 10.0 Å². The minimum atomic E-state index is -3.58. The van der Waals surface area contributed by atoms with Gasteiger partial charge in [-0.2, -0.15) is 9.40 Å². The zero-order chi connectivity index (χ0) is 17.5. The lowest BCUT2D eigenvalue weighted by atomic mass is 10.1. The average molecular weight is 350 g/mol. The van der Waals surface area contributed by atoms with Crippen LogP contribution >= 0.6 is 0 Å². The highest BCUT2D eigenvalue weighted by Gasteiger charge is 2.37. The first-order chi connectivity index (χ1) is 11.3. The van der Waals surface area contributed by atoms with Crippen LogP contribution in [-0.4, -0.2) is 33.6 Å². The summed E-state index contributed by atoms with van der Waals surface area (Å²) in [7, 11) is 0.187. The van der Waals surface area contributed by atoms with Gasteiger partial charge < -0.3 is 4.57 Å². The lowest BCUT2D eigenvalue weighted by Gasteiger charge is -2.29. The highest BCUT2D eigenvalue weighted by molar-refractivity contribution is 7.89. The van der Waals surface area contributed by atoms with Crippen molar-refractivity contribution in [3.05, 3.63) is 35.4 Å². The zero-order valence-electron chi connectivity index (χ0n) is 14.9. The highest BCUT2D eigenvalue weighted by atomic mass is 32.2. The SMILES string of the molecule is Cc1nn(C)c(C)c1S(=O)(=O)N1CCCCC[C@@H]1c1cccn1C. The van der Waals surface area contributed by atoms with Gasteiger partial charge in [0.05, 0.1) is 17.4 Å². The molecule has 1 fully saturated rings. The van der Waals surface area contributed by atoms with Crippen molar-refractivity contribution < 1.29 is 8.42 Å². The average Bonchev–Trinajstić information content (AvgIpc) is 2.93. The molecule has 2 aromatic rings. The molecule has 0 amide bonds. The molecule has 0 saturated carbocycles. The Kier molecular flexibility index (Phi) is 4.57. The van der Waals surface area contributed by atoms with Crippen LogP contribution in [0.5, 0.6) is 0 Å². The molecule has 0 aliphatic carbocycles. The van der Waals surface area contributed by atoms with Crippen LogP contribution in [0.4, 0.5) is 0 Å². The monoisotopic (exact) mass is 350 g/mol. The molecule has 6 nitrogen and oxygen atoms in total. The molecule has 1 saturated heterocycles. The van der Waals surface area contributed by atoms with Crippen molar-refractivity contribution in [2.45, 2.75) is 50.5 Å². The quantitative estimate of drug-likeness (QED) is 0.855. The van der Waals surface area contributed by atoms with Crippen LogP contribution < -0.4 is 0 Å². The van der Waals surface area contributed by atoms with Crippen molar-refractivity contribution in [2.75, 3.05) is 6.54 Å². The fraction of sp³-hybridized carbons (Fsp3) is 0.588. The van der Waals surface area contributed by atoms with Gasteiger partial charge in [-0.25, -0.2) is 8.42 Å². The minimum Gasteiger partial charge on any atom is -0.353 e. The van der Waals surface area contributed by atoms with Gasteiger partial charge in [-0.3, -0.25) is 4.68 Å². The van der Waals surface area contributed by atoms with E-state index in [1.54, 1.807) is 23.0 Å². The summed E-state index contributed by atoms with van der Waals surface area (Å²) in [5, 5.41) is 4.31. The van der Waals surface area contributed by atoms with Crippen molar-refractivity contribution in [3.8, 4) is 0 Å². The molecule has 0 N–H and O–H groups in total. The third-order valence-corrected chi connectivity index (χ3v) is 7.20. The lowest BCUT2D eigenvalue weighted by Crippen LogP contribution is -2.36. The molecule has 3 rings (SSSR count). The summed E-state index contributed by atoms with van der Waals surface area (Å²) in [5.41, 5.74) is 2.33. The number of rotatable bonds is 3. The van der Waals surface area contributed by atoms with Crippen LogP contribution in [0, 0.1) is 13.8 Å². The van der Waals surface area contributed by atoms with Crippen molar-refractivity contribution in [3.63, 3.8) is 0 Å². The molecule has 24 heavy (non-hydrogen) atoms. The smallest absolute Gasteiger partial charge is 0.247 e. The molecule has 7 heteroatoms. The van der Waals surface area contributed by atoms with E-state index in [0.717, 1.165) is 31.4 Å². The minimum absolute atomic E-state index is 0.114. The molecule has 0 unspecified atom stereocenters. The fourth-order valence-corrected chi connectivity index (χ4v) is 5.80. The number of sulfonamides is 1. The lowest BCUT2D eigenvalue weighted by molar-refractivity contribution is 0.318. The predicted octanol–water partition coefficient (Wildman–Crippen LogP) is 2.68. The first-order valence-corrected chi connectivity index (χ1v) is 9.91. The van der Waals surface area contributed by atoms with Gasteiger partial charge in [-0.05, 0) is 38.8 Å². The third-order valence-electron chi connectivity index (χ3n) is 5.04. The van der Waals surface area contributed by atoms with Crippen LogP contribution in [0.1, 0.15) is 48.8 Å². The molecule has 2 aromatic heterocycles. The normalized spacial score (nSPS) is 20.2. The number of hydrogen-bond donors (Lipinski definition) is 0. The summed E-state index contributed by atoms with van der Waals surface area (Å²) in [5.74, 6) is 0. The van der Waals surface area contributed by atoms with Crippen molar-refractivity contribution in [1.29, 1.82) is 0 Å². The molecular weight excluding hydrogens is 324 g/mol. The fourth-order valence-electron chi connectivity index (χ4n) is 3.73. The van der Waals surface area contributed by atoms with E-state index in [-0.39, 0.29) is 6.04 Å². The summed E-state index contributed by atoms with van der Waals surface area (Å²) in [4.78, 5) is 0.367. The topological polar surface area (TPSA) is 60.1 Å². The Morgan fingerprint density at radius 2 is 1.92 bits per heavy atom. The maximum Gasteiger partial charge on any atom is 0.247 e. The molecule has 1 atom stereocenters. The third kappa shape index (κ3) is 2.80. The van der Waals surface area contributed by atoms with E-state index in [4.69, 9.17) is 0 Å². The second-order valence-electron chi connectivity index (χ2n) is 6.65. The van der Waals surface area contributed by atoms with Gasteiger partial charge in [-0.1, -0.05) is 12.8 Å². The van der Waals surface area contributed by atoms with Crippen LogP contribution in [0.3, 0.4) is 0 Å². The molecule has 1 aliphatic heterocycles. The second kappa shape index (κ2) is 6.37. The van der Waals surface area contributed by atoms with E-state index in [9.17, 15) is 8.42 Å². The maximum atomic E-state index is 13.5. The first-order valence-electron chi connectivity index (χ1n) is 8.47. The highest BCUT2D eigenvalue weighted by Crippen LogP contribution is 2.36. The van der Waals surface area contributed by atoms with Crippen molar-refractivity contribution >= 4 is 10.0 Å². The Hall–Kier alpha value is -1.60. The molecular formula is C17H26N4O2S. The summed E-state index contributed by atoms with van der Waals surface area (Å²) in [6.07, 6.45) is 5.85. The van der Waals surface area contributed by atoms with E-state index >= 15 is 0 Å². The van der Waals surface area contributed by atoms with Crippen LogP contribution in [-0.2, 0) is 24.1 Å². The second-order valence-corrected chi connectivity index (χ2v) is 8.48. The van der Waals surface area contributed by atoms with E-state index in [1.807, 2.05) is 36.9 Å². The van der Waals surface area contributed by atoms with Crippen LogP contribution in [0.2, 0.25) is 0 Å². The van der Waals surface area contributed by atoms with E-state index in [2.05, 4.69) is 5.10 Å². The number of hydrogen-bond acceptors (Lipinski definition) is 3. The molecule has 3 heterocycles. The molecule has 0 aromatic carbocycles. The predicted molar refractivity (Wildman–Crippen MR) is 93.2 cm³/mol. The summed E-state index contributed by atoms with van der Waals surface area (Å²) < 4.78 is 32.3. The zero-order valence-corrected chi connectivity index (χ0v) is 15.7. The van der Waals surface area contributed by atoms with Gasteiger partial charge >= 0.3 is 0 Å². The Bertz CT molecular complexity index is 835. The maximum absolute atomic E-state index is 13.5. The molecule has 1 aliphatic rings. The molecule has 0 bridgehead atoms. The Labute approximate surface area is 144 Å². The van der Waals surface area contributed by atoms with Crippen LogP contribution in [0.15, 0.2) is 23.2 Å². The standard InChI is InChI=1S/C17H26N4O2S/c1-13-17(14(2)20(4)18-13)24(22,23)21-12-7-5-6-9-16(21)15-10-8-11-19(15)3/h8,10-11,16H,5-7,9,12H2,1-4H3/t16-/m1/s1. The molecule has 132 valence electrons. The summed E-state index contributed by atoms with van der Waals surface area (Å²) in [6.45, 7) is 4.16. The van der Waals surface area contributed by atoms with Gasteiger partial charge in [0.25, 0.3) is 0 Å². The Morgan fingerprint density at radius 3 is 2.50 bits per heavy atom. The largest absolute Gasteiger partial charge is 0.353 e. The first kappa shape index (κ1) is 17.2. The molecule has 0 radical (unpaired) electrons. The van der Waals surface area contributed by atoms with Gasteiger partial charge in [0, 0.05) is 32.5 Å². The van der Waals surface area contributed by atoms with Gasteiger partial charge in [0.15, 0.2) is 0 Å². The van der Waals surface area contributed by atoms with E-state index in [0.29, 0.717) is 22.8 Å². The number of nitrogens with zero attached hydrogens (tertiary/aromatic N) is 4. The van der Waals surface area contributed by atoms with Gasteiger partial charge in [0.1, 0.15) is 4.90 Å². The summed E-state index contributed by atoms with van der Waals surface area (Å²) in [6, 6.07) is 3.89. The number of aromatic nitrogens is 3.